The normalized spacial score (nSPS) is 24.0. The number of ether oxygens (including phenoxy) is 2. The van der Waals surface area contributed by atoms with Crippen molar-refractivity contribution in [1.29, 1.82) is 0 Å². The first-order valence-corrected chi connectivity index (χ1v) is 6.51. The van der Waals surface area contributed by atoms with Crippen molar-refractivity contribution in [2.75, 3.05) is 6.61 Å². The van der Waals surface area contributed by atoms with Gasteiger partial charge in [0, 0.05) is 6.61 Å². The average molecular weight is 261 g/mol. The summed E-state index contributed by atoms with van der Waals surface area (Å²) in [7, 11) is 0. The van der Waals surface area contributed by atoms with Crippen molar-refractivity contribution in [2.24, 2.45) is 0 Å². The Bertz CT molecular complexity index is 444. The molecule has 0 spiro atoms. The van der Waals surface area contributed by atoms with Gasteiger partial charge in [-0.05, 0) is 19.4 Å². The van der Waals surface area contributed by atoms with E-state index in [0.29, 0.717) is 6.61 Å². The smallest absolute Gasteiger partial charge is 0.252 e. The van der Waals surface area contributed by atoms with E-state index >= 15 is 0 Å². The van der Waals surface area contributed by atoms with Gasteiger partial charge in [0.25, 0.3) is 5.91 Å². The fourth-order valence-corrected chi connectivity index (χ4v) is 1.94. The summed E-state index contributed by atoms with van der Waals surface area (Å²) in [4.78, 5) is 11.5. The van der Waals surface area contributed by atoms with Crippen molar-refractivity contribution in [1.82, 2.24) is 5.32 Å². The molecule has 1 saturated heterocycles. The summed E-state index contributed by atoms with van der Waals surface area (Å²) >= 11 is 0. The van der Waals surface area contributed by atoms with Gasteiger partial charge in [-0.2, -0.15) is 0 Å². The topological polar surface area (TPSA) is 47.6 Å². The number of amides is 1. The van der Waals surface area contributed by atoms with Gasteiger partial charge < -0.3 is 14.8 Å². The maximum atomic E-state index is 11.5. The van der Waals surface area contributed by atoms with E-state index in [0.717, 1.165) is 5.56 Å². The third-order valence-electron chi connectivity index (χ3n) is 2.93. The van der Waals surface area contributed by atoms with E-state index in [4.69, 9.17) is 9.47 Å². The lowest BCUT2D eigenvalue weighted by Gasteiger charge is -2.35. The molecular weight excluding hydrogens is 242 g/mol. The fraction of sp³-hybridized carbons (Fsp3) is 0.400. The molecule has 1 fully saturated rings. The van der Waals surface area contributed by atoms with Crippen LogP contribution in [0.15, 0.2) is 36.4 Å². The van der Waals surface area contributed by atoms with Crippen LogP contribution in [0.4, 0.5) is 0 Å². The van der Waals surface area contributed by atoms with Gasteiger partial charge in [0.2, 0.25) is 0 Å². The highest BCUT2D eigenvalue weighted by atomic mass is 16.7. The highest BCUT2D eigenvalue weighted by Gasteiger charge is 2.39. The number of hydrogen-bond acceptors (Lipinski definition) is 3. The second-order valence-electron chi connectivity index (χ2n) is 4.38. The lowest BCUT2D eigenvalue weighted by molar-refractivity contribution is -0.187. The molecule has 1 aliphatic rings. The zero-order valence-corrected chi connectivity index (χ0v) is 11.2. The van der Waals surface area contributed by atoms with Crippen molar-refractivity contribution in [2.45, 2.75) is 32.3 Å². The minimum absolute atomic E-state index is 0.0874. The van der Waals surface area contributed by atoms with Crippen LogP contribution in [0.3, 0.4) is 0 Å². The van der Waals surface area contributed by atoms with Crippen LogP contribution < -0.4 is 5.32 Å². The molecule has 4 nitrogen and oxygen atoms in total. The van der Waals surface area contributed by atoms with E-state index in [9.17, 15) is 4.79 Å². The van der Waals surface area contributed by atoms with Crippen LogP contribution >= 0.6 is 0 Å². The zero-order chi connectivity index (χ0) is 13.7. The number of carbonyl (C=O) groups excluding carboxylic acids is 1. The molecule has 19 heavy (non-hydrogen) atoms. The fourth-order valence-electron chi connectivity index (χ4n) is 1.94. The summed E-state index contributed by atoms with van der Waals surface area (Å²) in [6.07, 6.45) is 3.10. The van der Waals surface area contributed by atoms with Crippen LogP contribution in [0.25, 0.3) is 6.08 Å². The Morgan fingerprint density at radius 2 is 2.11 bits per heavy atom. The van der Waals surface area contributed by atoms with Gasteiger partial charge in [-0.15, -0.1) is 0 Å². The number of hydrogen-bond donors (Lipinski definition) is 1. The molecule has 0 saturated carbocycles. The van der Waals surface area contributed by atoms with Gasteiger partial charge in [-0.3, -0.25) is 4.79 Å². The molecule has 1 unspecified atom stereocenters. The van der Waals surface area contributed by atoms with Gasteiger partial charge in [0.1, 0.15) is 0 Å². The molecule has 1 N–H and O–H groups in total. The van der Waals surface area contributed by atoms with Gasteiger partial charge in [-0.25, -0.2) is 0 Å². The predicted molar refractivity (Wildman–Crippen MR) is 73.4 cm³/mol. The summed E-state index contributed by atoms with van der Waals surface area (Å²) in [6, 6.07) is 9.85. The maximum absolute atomic E-state index is 11.5. The van der Waals surface area contributed by atoms with Crippen LogP contribution in [0.5, 0.6) is 0 Å². The SMILES string of the molecule is CCOC(C)O[C@H]1C(=O)N[C@@H]1C=Cc1ccccc1. The van der Waals surface area contributed by atoms with Gasteiger partial charge in [0.05, 0.1) is 6.04 Å². The maximum Gasteiger partial charge on any atom is 0.252 e. The monoisotopic (exact) mass is 261 g/mol. The van der Waals surface area contributed by atoms with Gasteiger partial charge in [-0.1, -0.05) is 42.5 Å². The summed E-state index contributed by atoms with van der Waals surface area (Å²) in [5.41, 5.74) is 1.10. The molecule has 1 heterocycles. The molecular formula is C15H19NO3. The Kier molecular flexibility index (Phi) is 4.71. The Morgan fingerprint density at radius 3 is 2.74 bits per heavy atom. The molecule has 1 aliphatic heterocycles. The summed E-state index contributed by atoms with van der Waals surface area (Å²) in [5, 5.41) is 2.80. The van der Waals surface area contributed by atoms with E-state index < -0.39 is 6.10 Å². The number of carbonyl (C=O) groups is 1. The third-order valence-corrected chi connectivity index (χ3v) is 2.93. The summed E-state index contributed by atoms with van der Waals surface area (Å²) < 4.78 is 10.8. The Hall–Kier alpha value is -1.65. The molecule has 0 radical (unpaired) electrons. The number of β-lactam (4-membered cyclic amide) rings is 1. The predicted octanol–water partition coefficient (Wildman–Crippen LogP) is 1.97. The molecule has 0 bridgehead atoms. The van der Waals surface area contributed by atoms with Gasteiger partial charge >= 0.3 is 0 Å². The minimum Gasteiger partial charge on any atom is -0.353 e. The highest BCUT2D eigenvalue weighted by Crippen LogP contribution is 2.16. The van der Waals surface area contributed by atoms with Crippen LogP contribution in [-0.4, -0.2) is 30.9 Å². The minimum atomic E-state index is -0.457. The Labute approximate surface area is 113 Å². The lowest BCUT2D eigenvalue weighted by atomic mass is 10.0. The van der Waals surface area contributed by atoms with Crippen molar-refractivity contribution in [3.8, 4) is 0 Å². The van der Waals surface area contributed by atoms with E-state index in [1.807, 2.05) is 49.4 Å². The van der Waals surface area contributed by atoms with Crippen LogP contribution in [0.1, 0.15) is 19.4 Å². The molecule has 1 amide bonds. The van der Waals surface area contributed by atoms with Crippen LogP contribution in [0, 0.1) is 0 Å². The second kappa shape index (κ2) is 6.50. The molecule has 3 atom stereocenters. The standard InChI is InChI=1S/C15H19NO3/c1-3-18-11(2)19-14-13(16-15(14)17)10-9-12-7-5-4-6-8-12/h4-11,13-14H,3H2,1-2H3,(H,16,17)/t11?,13-,14-/m1/s1. The van der Waals surface area contributed by atoms with E-state index in [1.165, 1.54) is 0 Å². The average Bonchev–Trinajstić information content (AvgIpc) is 2.42. The van der Waals surface area contributed by atoms with Crippen molar-refractivity contribution in [3.63, 3.8) is 0 Å². The number of benzene rings is 1. The molecule has 4 heteroatoms. The molecule has 1 aromatic carbocycles. The quantitative estimate of drug-likeness (QED) is 0.629. The highest BCUT2D eigenvalue weighted by molar-refractivity contribution is 5.89. The first kappa shape index (κ1) is 13.8. The van der Waals surface area contributed by atoms with Crippen molar-refractivity contribution >= 4 is 12.0 Å². The van der Waals surface area contributed by atoms with Crippen molar-refractivity contribution < 1.29 is 14.3 Å². The molecule has 1 aromatic rings. The first-order chi connectivity index (χ1) is 9.20. The third kappa shape index (κ3) is 3.66. The number of rotatable bonds is 6. The Morgan fingerprint density at radius 1 is 1.37 bits per heavy atom. The first-order valence-electron chi connectivity index (χ1n) is 6.51. The van der Waals surface area contributed by atoms with Crippen molar-refractivity contribution in [3.05, 3.63) is 42.0 Å². The van der Waals surface area contributed by atoms with Crippen LogP contribution in [-0.2, 0) is 14.3 Å². The second-order valence-corrected chi connectivity index (χ2v) is 4.38. The van der Waals surface area contributed by atoms with Crippen LogP contribution in [0.2, 0.25) is 0 Å². The van der Waals surface area contributed by atoms with E-state index in [2.05, 4.69) is 5.32 Å². The molecule has 2 rings (SSSR count). The van der Waals surface area contributed by atoms with E-state index in [1.54, 1.807) is 6.92 Å². The molecule has 0 aromatic heterocycles. The molecule has 0 aliphatic carbocycles. The zero-order valence-electron chi connectivity index (χ0n) is 11.2. The van der Waals surface area contributed by atoms with Gasteiger partial charge in [0.15, 0.2) is 12.4 Å². The molecule has 102 valence electrons. The summed E-state index contributed by atoms with van der Waals surface area (Å²) in [6.45, 7) is 4.26. The largest absolute Gasteiger partial charge is 0.353 e. The number of nitrogens with one attached hydrogen (secondary N) is 1. The Balaban J connectivity index is 1.90. The van der Waals surface area contributed by atoms with E-state index in [-0.39, 0.29) is 18.2 Å². The lowest BCUT2D eigenvalue weighted by Crippen LogP contribution is -2.63. The summed E-state index contributed by atoms with van der Waals surface area (Å²) in [5.74, 6) is -0.0886.